The minimum atomic E-state index is -0.732. The van der Waals surface area contributed by atoms with Crippen LogP contribution in [-0.2, 0) is 4.74 Å². The monoisotopic (exact) mass is 254 g/mol. The average molecular weight is 254 g/mol. The van der Waals surface area contributed by atoms with Gasteiger partial charge in [-0.3, -0.25) is 15.4 Å². The van der Waals surface area contributed by atoms with Crippen LogP contribution >= 0.6 is 0 Å². The van der Waals surface area contributed by atoms with Crippen LogP contribution in [0.1, 0.15) is 13.8 Å². The molecule has 0 aromatic heterocycles. The predicted molar refractivity (Wildman–Crippen MR) is 64.9 cm³/mol. The van der Waals surface area contributed by atoms with Crippen molar-refractivity contribution in [2.45, 2.75) is 13.8 Å². The summed E-state index contributed by atoms with van der Waals surface area (Å²) in [6, 6.07) is 4.20. The van der Waals surface area contributed by atoms with E-state index in [-0.39, 0.29) is 18.0 Å². The summed E-state index contributed by atoms with van der Waals surface area (Å²) < 4.78 is 9.81. The highest BCUT2D eigenvalue weighted by molar-refractivity contribution is 5.88. The standard InChI is InChI=1S/C11H14N2O5/c1-3-17-8-5-6-9(10(7-8)13(15)16)12-11(14)18-4-2/h5-7H,3-4H2,1-2H3,(H,12,14). The molecule has 1 N–H and O–H groups in total. The van der Waals surface area contributed by atoms with Gasteiger partial charge < -0.3 is 9.47 Å². The number of nitro benzene ring substituents is 1. The van der Waals surface area contributed by atoms with E-state index in [1.807, 2.05) is 0 Å². The van der Waals surface area contributed by atoms with E-state index >= 15 is 0 Å². The van der Waals surface area contributed by atoms with Crippen molar-refractivity contribution in [3.63, 3.8) is 0 Å². The summed E-state index contributed by atoms with van der Waals surface area (Å²) >= 11 is 0. The van der Waals surface area contributed by atoms with E-state index in [0.29, 0.717) is 12.4 Å². The molecule has 0 unspecified atom stereocenters. The lowest BCUT2D eigenvalue weighted by atomic mass is 10.2. The maximum absolute atomic E-state index is 11.2. The van der Waals surface area contributed by atoms with Crippen molar-refractivity contribution >= 4 is 17.5 Å². The number of nitrogens with one attached hydrogen (secondary N) is 1. The first-order valence-electron chi connectivity index (χ1n) is 5.43. The molecule has 0 saturated heterocycles. The Balaban J connectivity index is 2.96. The summed E-state index contributed by atoms with van der Waals surface area (Å²) in [4.78, 5) is 21.5. The normalized spacial score (nSPS) is 9.67. The van der Waals surface area contributed by atoms with Gasteiger partial charge in [0, 0.05) is 0 Å². The second-order valence-corrected chi connectivity index (χ2v) is 3.21. The van der Waals surface area contributed by atoms with Crippen LogP contribution in [0.15, 0.2) is 18.2 Å². The Morgan fingerprint density at radius 3 is 2.67 bits per heavy atom. The molecule has 0 bridgehead atoms. The highest BCUT2D eigenvalue weighted by atomic mass is 16.6. The van der Waals surface area contributed by atoms with Crippen LogP contribution in [0.5, 0.6) is 5.75 Å². The fraction of sp³-hybridized carbons (Fsp3) is 0.364. The van der Waals surface area contributed by atoms with Crippen LogP contribution < -0.4 is 10.1 Å². The van der Waals surface area contributed by atoms with Crippen LogP contribution in [0.2, 0.25) is 0 Å². The molecular weight excluding hydrogens is 240 g/mol. The van der Waals surface area contributed by atoms with Gasteiger partial charge in [0.25, 0.3) is 5.69 Å². The molecule has 0 spiro atoms. The topological polar surface area (TPSA) is 90.7 Å². The van der Waals surface area contributed by atoms with Gasteiger partial charge in [0.1, 0.15) is 11.4 Å². The number of carbonyl (C=O) groups excluding carboxylic acids is 1. The molecule has 0 fully saturated rings. The summed E-state index contributed by atoms with van der Waals surface area (Å²) in [6.45, 7) is 4.02. The molecule has 7 heteroatoms. The summed E-state index contributed by atoms with van der Waals surface area (Å²) in [7, 11) is 0. The van der Waals surface area contributed by atoms with Crippen molar-refractivity contribution in [1.29, 1.82) is 0 Å². The minimum absolute atomic E-state index is 0.0712. The number of nitro groups is 1. The number of hydrogen-bond acceptors (Lipinski definition) is 5. The number of benzene rings is 1. The molecule has 0 aliphatic rings. The molecule has 0 saturated carbocycles. The molecule has 1 rings (SSSR count). The quantitative estimate of drug-likeness (QED) is 0.644. The zero-order valence-electron chi connectivity index (χ0n) is 10.1. The first-order chi connectivity index (χ1) is 8.58. The van der Waals surface area contributed by atoms with Crippen molar-refractivity contribution < 1.29 is 19.2 Å². The van der Waals surface area contributed by atoms with Crippen LogP contribution in [-0.4, -0.2) is 24.2 Å². The van der Waals surface area contributed by atoms with E-state index in [1.165, 1.54) is 18.2 Å². The Labute approximate surface area is 104 Å². The third-order valence-corrected chi connectivity index (χ3v) is 1.99. The van der Waals surface area contributed by atoms with Gasteiger partial charge in [0.15, 0.2) is 0 Å². The fourth-order valence-corrected chi connectivity index (χ4v) is 1.30. The second kappa shape index (κ2) is 6.43. The second-order valence-electron chi connectivity index (χ2n) is 3.21. The van der Waals surface area contributed by atoms with Gasteiger partial charge in [0.2, 0.25) is 0 Å². The van der Waals surface area contributed by atoms with E-state index in [2.05, 4.69) is 10.1 Å². The van der Waals surface area contributed by atoms with Crippen molar-refractivity contribution in [3.05, 3.63) is 28.3 Å². The first kappa shape index (κ1) is 13.8. The van der Waals surface area contributed by atoms with Crippen LogP contribution in [0, 0.1) is 10.1 Å². The molecule has 1 aromatic carbocycles. The van der Waals surface area contributed by atoms with Gasteiger partial charge in [0.05, 0.1) is 24.2 Å². The average Bonchev–Trinajstić information content (AvgIpc) is 2.31. The van der Waals surface area contributed by atoms with Crippen molar-refractivity contribution in [3.8, 4) is 5.75 Å². The fourth-order valence-electron chi connectivity index (χ4n) is 1.30. The van der Waals surface area contributed by atoms with Gasteiger partial charge in [-0.15, -0.1) is 0 Å². The largest absolute Gasteiger partial charge is 0.494 e. The number of carbonyl (C=O) groups is 1. The lowest BCUT2D eigenvalue weighted by molar-refractivity contribution is -0.384. The molecule has 0 aliphatic carbocycles. The lowest BCUT2D eigenvalue weighted by Gasteiger charge is -2.08. The zero-order chi connectivity index (χ0) is 13.5. The van der Waals surface area contributed by atoms with E-state index in [1.54, 1.807) is 13.8 Å². The molecule has 98 valence electrons. The summed E-state index contributed by atoms with van der Waals surface area (Å²) in [5.41, 5.74) is -0.170. The SMILES string of the molecule is CCOC(=O)Nc1ccc(OCC)cc1[N+](=O)[O-]. The number of ether oxygens (including phenoxy) is 2. The molecule has 18 heavy (non-hydrogen) atoms. The van der Waals surface area contributed by atoms with Gasteiger partial charge in [-0.25, -0.2) is 4.79 Å². The molecule has 0 radical (unpaired) electrons. The first-order valence-corrected chi connectivity index (χ1v) is 5.43. The third kappa shape index (κ3) is 3.62. The summed E-state index contributed by atoms with van der Waals surface area (Å²) in [6.07, 6.45) is -0.732. The van der Waals surface area contributed by atoms with Gasteiger partial charge in [-0.2, -0.15) is 0 Å². The Kier molecular flexibility index (Phi) is 4.91. The Morgan fingerprint density at radius 2 is 2.11 bits per heavy atom. The molecule has 7 nitrogen and oxygen atoms in total. The van der Waals surface area contributed by atoms with Crippen LogP contribution in [0.4, 0.5) is 16.2 Å². The summed E-state index contributed by atoms with van der Waals surface area (Å²) in [5, 5.41) is 13.2. The number of anilines is 1. The Bertz CT molecular complexity index is 447. The van der Waals surface area contributed by atoms with Crippen molar-refractivity contribution in [1.82, 2.24) is 0 Å². The molecular formula is C11H14N2O5. The Hall–Kier alpha value is -2.31. The lowest BCUT2D eigenvalue weighted by Crippen LogP contribution is -2.14. The molecule has 1 aromatic rings. The number of nitrogens with zero attached hydrogens (tertiary/aromatic N) is 1. The van der Waals surface area contributed by atoms with Gasteiger partial charge in [-0.05, 0) is 26.0 Å². The van der Waals surface area contributed by atoms with E-state index in [0.717, 1.165) is 0 Å². The van der Waals surface area contributed by atoms with Crippen molar-refractivity contribution in [2.75, 3.05) is 18.5 Å². The van der Waals surface area contributed by atoms with Gasteiger partial charge >= 0.3 is 6.09 Å². The third-order valence-electron chi connectivity index (χ3n) is 1.99. The van der Waals surface area contributed by atoms with Crippen LogP contribution in [0.25, 0.3) is 0 Å². The number of amides is 1. The maximum Gasteiger partial charge on any atom is 0.411 e. The molecule has 0 atom stereocenters. The van der Waals surface area contributed by atoms with E-state index < -0.39 is 11.0 Å². The van der Waals surface area contributed by atoms with E-state index in [4.69, 9.17) is 4.74 Å². The smallest absolute Gasteiger partial charge is 0.411 e. The minimum Gasteiger partial charge on any atom is -0.494 e. The highest BCUT2D eigenvalue weighted by Crippen LogP contribution is 2.29. The molecule has 0 heterocycles. The number of hydrogen-bond donors (Lipinski definition) is 1. The highest BCUT2D eigenvalue weighted by Gasteiger charge is 2.17. The molecule has 1 amide bonds. The molecule has 0 aliphatic heterocycles. The maximum atomic E-state index is 11.2. The van der Waals surface area contributed by atoms with Gasteiger partial charge in [-0.1, -0.05) is 0 Å². The van der Waals surface area contributed by atoms with Crippen molar-refractivity contribution in [2.24, 2.45) is 0 Å². The van der Waals surface area contributed by atoms with E-state index in [9.17, 15) is 14.9 Å². The van der Waals surface area contributed by atoms with Crippen LogP contribution in [0.3, 0.4) is 0 Å². The zero-order valence-corrected chi connectivity index (χ0v) is 10.1. The number of rotatable bonds is 5. The predicted octanol–water partition coefficient (Wildman–Crippen LogP) is 2.56. The summed E-state index contributed by atoms with van der Waals surface area (Å²) in [5.74, 6) is 0.374. The Morgan fingerprint density at radius 1 is 1.39 bits per heavy atom.